The molecule has 0 aliphatic rings. The molecule has 0 aliphatic heterocycles. The smallest absolute Gasteiger partial charge is 0.316 e. The number of carbonyl (C=O) groups excluding carboxylic acids is 1. The molecule has 7 heteroatoms. The molecule has 0 bridgehead atoms. The first-order valence-corrected chi connectivity index (χ1v) is 9.31. The van der Waals surface area contributed by atoms with Crippen LogP contribution in [0.3, 0.4) is 0 Å². The molecule has 3 aromatic rings. The summed E-state index contributed by atoms with van der Waals surface area (Å²) in [6, 6.07) is 9.91. The number of hydrogen-bond acceptors (Lipinski definition) is 6. The van der Waals surface area contributed by atoms with E-state index in [-0.39, 0.29) is 11.7 Å². The highest BCUT2D eigenvalue weighted by atomic mass is 32.2. The lowest BCUT2D eigenvalue weighted by atomic mass is 10.1. The molecule has 1 aromatic carbocycles. The summed E-state index contributed by atoms with van der Waals surface area (Å²) >= 11 is 1.31. The number of hydrogen-bond donors (Lipinski definition) is 0. The number of carbonyl (C=O) groups is 1. The molecule has 0 radical (unpaired) electrons. The molecule has 0 spiro atoms. The third kappa shape index (κ3) is 3.77. The number of aryl methyl sites for hydroxylation is 1. The Hall–Kier alpha value is -2.67. The molecule has 26 heavy (non-hydrogen) atoms. The molecule has 6 nitrogen and oxygen atoms in total. The van der Waals surface area contributed by atoms with Gasteiger partial charge in [-0.1, -0.05) is 23.9 Å². The maximum atomic E-state index is 11.8. The molecule has 2 heterocycles. The van der Waals surface area contributed by atoms with Gasteiger partial charge in [0, 0.05) is 18.0 Å². The van der Waals surface area contributed by atoms with Gasteiger partial charge in [-0.3, -0.25) is 14.3 Å². The van der Waals surface area contributed by atoms with E-state index in [1.165, 1.54) is 17.3 Å². The van der Waals surface area contributed by atoms with Crippen LogP contribution in [0.4, 0.5) is 0 Å². The molecule has 0 amide bonds. The normalized spacial score (nSPS) is 10.7. The van der Waals surface area contributed by atoms with E-state index in [0.717, 1.165) is 16.8 Å². The lowest BCUT2D eigenvalue weighted by molar-refractivity contribution is -0.139. The van der Waals surface area contributed by atoms with Gasteiger partial charge >= 0.3 is 5.97 Å². The Bertz CT molecular complexity index is 909. The lowest BCUT2D eigenvalue weighted by Gasteiger charge is -2.14. The van der Waals surface area contributed by atoms with Crippen LogP contribution in [0.2, 0.25) is 0 Å². The van der Waals surface area contributed by atoms with Gasteiger partial charge in [0.2, 0.25) is 0 Å². The second kappa shape index (κ2) is 8.14. The standard InChI is InChI=1S/C19H20N4O2S/c1-4-25-17(24)12-26-19-22-21-18(15-8-6-10-20-11-15)23(19)16-9-5-7-13(2)14(16)3/h5-11H,4,12H2,1-3H3. The average molecular weight is 368 g/mol. The summed E-state index contributed by atoms with van der Waals surface area (Å²) in [7, 11) is 0. The van der Waals surface area contributed by atoms with Crippen molar-refractivity contribution in [2.75, 3.05) is 12.4 Å². The zero-order chi connectivity index (χ0) is 18.5. The van der Waals surface area contributed by atoms with E-state index in [9.17, 15) is 4.79 Å². The predicted octanol–water partition coefficient (Wildman–Crippen LogP) is 3.60. The van der Waals surface area contributed by atoms with E-state index >= 15 is 0 Å². The van der Waals surface area contributed by atoms with Crippen molar-refractivity contribution in [1.29, 1.82) is 0 Å². The highest BCUT2D eigenvalue weighted by Gasteiger charge is 2.19. The number of benzene rings is 1. The van der Waals surface area contributed by atoms with Gasteiger partial charge < -0.3 is 4.74 Å². The van der Waals surface area contributed by atoms with E-state index < -0.39 is 0 Å². The summed E-state index contributed by atoms with van der Waals surface area (Å²) in [5.74, 6) is 0.609. The summed E-state index contributed by atoms with van der Waals surface area (Å²) in [5.41, 5.74) is 4.16. The molecule has 0 unspecified atom stereocenters. The number of esters is 1. The van der Waals surface area contributed by atoms with Crippen molar-refractivity contribution in [1.82, 2.24) is 19.7 Å². The van der Waals surface area contributed by atoms with Crippen LogP contribution in [-0.4, -0.2) is 38.1 Å². The van der Waals surface area contributed by atoms with Gasteiger partial charge in [-0.2, -0.15) is 0 Å². The van der Waals surface area contributed by atoms with Crippen LogP contribution < -0.4 is 0 Å². The van der Waals surface area contributed by atoms with Gasteiger partial charge in [0.15, 0.2) is 11.0 Å². The van der Waals surface area contributed by atoms with Crippen LogP contribution in [0.1, 0.15) is 18.1 Å². The van der Waals surface area contributed by atoms with E-state index in [2.05, 4.69) is 35.1 Å². The van der Waals surface area contributed by atoms with E-state index in [0.29, 0.717) is 17.6 Å². The minimum absolute atomic E-state index is 0.184. The average Bonchev–Trinajstić information content (AvgIpc) is 3.07. The number of pyridine rings is 1. The molecule has 0 saturated heterocycles. The van der Waals surface area contributed by atoms with Crippen molar-refractivity contribution in [2.45, 2.75) is 25.9 Å². The molecular formula is C19H20N4O2S. The molecular weight excluding hydrogens is 348 g/mol. The number of nitrogens with zero attached hydrogens (tertiary/aromatic N) is 4. The van der Waals surface area contributed by atoms with Crippen LogP contribution in [0.5, 0.6) is 0 Å². The second-order valence-electron chi connectivity index (χ2n) is 5.70. The van der Waals surface area contributed by atoms with Gasteiger partial charge in [0.1, 0.15) is 0 Å². The van der Waals surface area contributed by atoms with Gasteiger partial charge in [0.25, 0.3) is 0 Å². The minimum atomic E-state index is -0.268. The Morgan fingerprint density at radius 3 is 2.77 bits per heavy atom. The summed E-state index contributed by atoms with van der Waals surface area (Å²) in [4.78, 5) is 15.9. The highest BCUT2D eigenvalue weighted by molar-refractivity contribution is 7.99. The fourth-order valence-corrected chi connectivity index (χ4v) is 3.31. The Labute approximate surface area is 156 Å². The molecule has 0 fully saturated rings. The van der Waals surface area contributed by atoms with Crippen molar-refractivity contribution in [2.24, 2.45) is 0 Å². The third-order valence-electron chi connectivity index (χ3n) is 3.99. The predicted molar refractivity (Wildman–Crippen MR) is 101 cm³/mol. The monoisotopic (exact) mass is 368 g/mol. The van der Waals surface area contributed by atoms with E-state index in [1.807, 2.05) is 28.8 Å². The third-order valence-corrected chi connectivity index (χ3v) is 4.90. The maximum Gasteiger partial charge on any atom is 0.316 e. The first-order chi connectivity index (χ1) is 12.6. The fourth-order valence-electron chi connectivity index (χ4n) is 2.57. The Balaban J connectivity index is 2.07. The first kappa shape index (κ1) is 18.1. The van der Waals surface area contributed by atoms with Crippen molar-refractivity contribution in [3.05, 3.63) is 53.9 Å². The molecule has 0 aliphatic carbocycles. The summed E-state index contributed by atoms with van der Waals surface area (Å²) in [5, 5.41) is 9.31. The SMILES string of the molecule is CCOC(=O)CSc1nnc(-c2cccnc2)n1-c1cccc(C)c1C. The minimum Gasteiger partial charge on any atom is -0.465 e. The van der Waals surface area contributed by atoms with Gasteiger partial charge in [-0.15, -0.1) is 10.2 Å². The van der Waals surface area contributed by atoms with Gasteiger partial charge in [-0.05, 0) is 50.1 Å². The molecule has 134 valence electrons. The molecule has 3 rings (SSSR count). The van der Waals surface area contributed by atoms with Crippen molar-refractivity contribution in [3.63, 3.8) is 0 Å². The van der Waals surface area contributed by atoms with Crippen LogP contribution in [0, 0.1) is 13.8 Å². The molecule has 0 N–H and O–H groups in total. The van der Waals surface area contributed by atoms with E-state index in [1.54, 1.807) is 19.3 Å². The van der Waals surface area contributed by atoms with Crippen molar-refractivity contribution >= 4 is 17.7 Å². The van der Waals surface area contributed by atoms with E-state index in [4.69, 9.17) is 4.74 Å². The van der Waals surface area contributed by atoms with Crippen LogP contribution in [0.15, 0.2) is 47.9 Å². The van der Waals surface area contributed by atoms with Crippen LogP contribution in [0.25, 0.3) is 17.1 Å². The summed E-state index contributed by atoms with van der Waals surface area (Å²) < 4.78 is 6.99. The zero-order valence-corrected chi connectivity index (χ0v) is 15.8. The second-order valence-corrected chi connectivity index (χ2v) is 6.64. The Morgan fingerprint density at radius 2 is 2.04 bits per heavy atom. The Morgan fingerprint density at radius 1 is 1.19 bits per heavy atom. The van der Waals surface area contributed by atoms with Gasteiger partial charge in [0.05, 0.1) is 18.0 Å². The largest absolute Gasteiger partial charge is 0.465 e. The quantitative estimate of drug-likeness (QED) is 0.489. The number of rotatable bonds is 6. The molecule has 0 atom stereocenters. The number of aromatic nitrogens is 4. The zero-order valence-electron chi connectivity index (χ0n) is 15.0. The summed E-state index contributed by atoms with van der Waals surface area (Å²) in [6.07, 6.45) is 3.48. The summed E-state index contributed by atoms with van der Waals surface area (Å²) in [6.45, 7) is 6.29. The molecule has 2 aromatic heterocycles. The Kier molecular flexibility index (Phi) is 5.68. The highest BCUT2D eigenvalue weighted by Crippen LogP contribution is 2.30. The molecule has 0 saturated carbocycles. The first-order valence-electron chi connectivity index (χ1n) is 8.32. The van der Waals surface area contributed by atoms with Crippen LogP contribution >= 0.6 is 11.8 Å². The van der Waals surface area contributed by atoms with Crippen molar-refractivity contribution < 1.29 is 9.53 Å². The lowest BCUT2D eigenvalue weighted by Crippen LogP contribution is -2.08. The van der Waals surface area contributed by atoms with Crippen molar-refractivity contribution in [3.8, 4) is 17.1 Å². The maximum absolute atomic E-state index is 11.8. The van der Waals surface area contributed by atoms with Crippen LogP contribution in [-0.2, 0) is 9.53 Å². The topological polar surface area (TPSA) is 69.9 Å². The van der Waals surface area contributed by atoms with Gasteiger partial charge in [-0.25, -0.2) is 0 Å². The number of thioether (sulfide) groups is 1. The fraction of sp³-hybridized carbons (Fsp3) is 0.263. The number of ether oxygens (including phenoxy) is 1.